The predicted molar refractivity (Wildman–Crippen MR) is 80.7 cm³/mol. The van der Waals surface area contributed by atoms with E-state index < -0.39 is 24.3 Å². The van der Waals surface area contributed by atoms with Crippen LogP contribution < -0.4 is 5.46 Å². The van der Waals surface area contributed by atoms with E-state index in [0.29, 0.717) is 15.9 Å². The highest BCUT2D eigenvalue weighted by Crippen LogP contribution is 2.36. The van der Waals surface area contributed by atoms with Gasteiger partial charge in [0.1, 0.15) is 0 Å². The molecule has 0 aliphatic carbocycles. The Hall–Kier alpha value is -0.975. The van der Waals surface area contributed by atoms with Gasteiger partial charge >= 0.3 is 13.1 Å². The molecule has 20 heavy (non-hydrogen) atoms. The van der Waals surface area contributed by atoms with Crippen LogP contribution in [0.5, 0.6) is 0 Å². The molecule has 0 N–H and O–H groups in total. The van der Waals surface area contributed by atoms with Gasteiger partial charge in [0.15, 0.2) is 0 Å². The Kier molecular flexibility index (Phi) is 3.93. The van der Waals surface area contributed by atoms with Crippen LogP contribution in [0.4, 0.5) is 0 Å². The maximum absolute atomic E-state index is 11.9. The summed E-state index contributed by atoms with van der Waals surface area (Å²) < 4.78 is 16.8. The number of carbonyl (C=O) groups is 1. The zero-order chi connectivity index (χ0) is 15.1. The van der Waals surface area contributed by atoms with Crippen molar-refractivity contribution >= 4 is 31.2 Å². The quantitative estimate of drug-likeness (QED) is 0.515. The van der Waals surface area contributed by atoms with Crippen molar-refractivity contribution in [2.75, 3.05) is 7.11 Å². The Morgan fingerprint density at radius 2 is 1.75 bits per heavy atom. The fourth-order valence-electron chi connectivity index (χ4n) is 2.01. The molecule has 4 nitrogen and oxygen atoms in total. The van der Waals surface area contributed by atoms with Crippen LogP contribution in [0.15, 0.2) is 23.1 Å². The van der Waals surface area contributed by atoms with Crippen molar-refractivity contribution in [1.82, 2.24) is 0 Å². The van der Waals surface area contributed by atoms with Crippen molar-refractivity contribution in [3.05, 3.63) is 23.8 Å². The Morgan fingerprint density at radius 3 is 2.25 bits per heavy atom. The molecular weight excluding hydrogens is 275 g/mol. The predicted octanol–water partition coefficient (Wildman–Crippen LogP) is 2.06. The van der Waals surface area contributed by atoms with E-state index >= 15 is 0 Å². The fourth-order valence-corrected chi connectivity index (χ4v) is 2.21. The molecule has 0 saturated carbocycles. The number of ether oxygens (including phenoxy) is 1. The summed E-state index contributed by atoms with van der Waals surface area (Å²) in [6.07, 6.45) is 0. The number of carbonyl (C=O) groups excluding carboxylic acids is 1. The minimum atomic E-state index is -0.594. The number of esters is 1. The molecule has 108 valence electrons. The lowest BCUT2D eigenvalue weighted by Gasteiger charge is -2.32. The molecule has 1 saturated heterocycles. The molecule has 2 rings (SSSR count). The van der Waals surface area contributed by atoms with Crippen molar-refractivity contribution in [1.29, 1.82) is 0 Å². The van der Waals surface area contributed by atoms with Crippen LogP contribution in [0.3, 0.4) is 0 Å². The zero-order valence-corrected chi connectivity index (χ0v) is 13.3. The molecular formula is C14H19BO4S. The van der Waals surface area contributed by atoms with E-state index in [0.717, 1.165) is 0 Å². The fraction of sp³-hybridized carbons (Fsp3) is 0.500. The first-order chi connectivity index (χ1) is 9.18. The van der Waals surface area contributed by atoms with Crippen molar-refractivity contribution < 1.29 is 18.8 Å². The number of methoxy groups -OCH3 is 1. The number of hydrogen-bond acceptors (Lipinski definition) is 5. The highest BCUT2D eigenvalue weighted by Gasteiger charge is 2.52. The molecule has 0 spiro atoms. The Labute approximate surface area is 125 Å². The van der Waals surface area contributed by atoms with Gasteiger partial charge in [0.05, 0.1) is 23.9 Å². The van der Waals surface area contributed by atoms with Gasteiger partial charge in [-0.1, -0.05) is 6.07 Å². The summed E-state index contributed by atoms with van der Waals surface area (Å²) in [5, 5.41) is 0. The van der Waals surface area contributed by atoms with Gasteiger partial charge in [-0.3, -0.25) is 0 Å². The standard InChI is InChI=1S/C14H19BO4S/c1-13(2)14(3,4)19-15(18-13)11-7-6-9(20)8-10(11)12(16)17-5/h6-8,20H,1-5H3. The van der Waals surface area contributed by atoms with E-state index in [1.807, 2.05) is 27.7 Å². The lowest BCUT2D eigenvalue weighted by molar-refractivity contribution is 0.00578. The molecule has 0 radical (unpaired) electrons. The second-order valence-corrected chi connectivity index (χ2v) is 6.37. The third-order valence-electron chi connectivity index (χ3n) is 3.95. The van der Waals surface area contributed by atoms with Gasteiger partial charge in [-0.25, -0.2) is 4.79 Å². The van der Waals surface area contributed by atoms with E-state index in [4.69, 9.17) is 14.0 Å². The molecule has 1 aromatic carbocycles. The molecule has 1 aromatic rings. The summed E-state index contributed by atoms with van der Waals surface area (Å²) in [6, 6.07) is 5.25. The van der Waals surface area contributed by atoms with Crippen LogP contribution in [0.2, 0.25) is 0 Å². The summed E-state index contributed by atoms with van der Waals surface area (Å²) in [5.41, 5.74) is 0.168. The minimum absolute atomic E-state index is 0.415. The van der Waals surface area contributed by atoms with Crippen LogP contribution in [-0.2, 0) is 14.0 Å². The van der Waals surface area contributed by atoms with E-state index in [9.17, 15) is 4.79 Å². The average molecular weight is 294 g/mol. The summed E-state index contributed by atoms with van der Waals surface area (Å²) in [4.78, 5) is 12.6. The molecule has 0 aromatic heterocycles. The van der Waals surface area contributed by atoms with Crippen molar-refractivity contribution in [3.8, 4) is 0 Å². The van der Waals surface area contributed by atoms with Crippen LogP contribution in [0.25, 0.3) is 0 Å². The third kappa shape index (κ3) is 2.60. The molecule has 0 amide bonds. The van der Waals surface area contributed by atoms with Crippen LogP contribution in [0, 0.1) is 0 Å². The molecule has 0 bridgehead atoms. The first kappa shape index (κ1) is 15.4. The second-order valence-electron chi connectivity index (χ2n) is 5.85. The van der Waals surface area contributed by atoms with Gasteiger partial charge in [0.2, 0.25) is 0 Å². The van der Waals surface area contributed by atoms with E-state index in [-0.39, 0.29) is 0 Å². The van der Waals surface area contributed by atoms with Gasteiger partial charge in [0.25, 0.3) is 0 Å². The Balaban J connectivity index is 2.42. The first-order valence-corrected chi connectivity index (χ1v) is 6.89. The lowest BCUT2D eigenvalue weighted by Crippen LogP contribution is -2.41. The minimum Gasteiger partial charge on any atom is -0.465 e. The summed E-state index contributed by atoms with van der Waals surface area (Å²) >= 11 is 4.26. The van der Waals surface area contributed by atoms with E-state index in [1.165, 1.54) is 7.11 Å². The number of benzene rings is 1. The maximum Gasteiger partial charge on any atom is 0.495 e. The molecule has 0 unspecified atom stereocenters. The van der Waals surface area contributed by atoms with Crippen LogP contribution in [0.1, 0.15) is 38.1 Å². The second kappa shape index (κ2) is 5.09. The molecule has 1 aliphatic rings. The van der Waals surface area contributed by atoms with Crippen molar-refractivity contribution in [3.63, 3.8) is 0 Å². The zero-order valence-electron chi connectivity index (χ0n) is 12.4. The largest absolute Gasteiger partial charge is 0.495 e. The topological polar surface area (TPSA) is 44.8 Å². The Bertz CT molecular complexity index is 526. The highest BCUT2D eigenvalue weighted by molar-refractivity contribution is 7.80. The SMILES string of the molecule is COC(=O)c1cc(S)ccc1B1OC(C)(C)C(C)(C)O1. The summed E-state index contributed by atoms with van der Waals surface area (Å²) in [6.45, 7) is 7.88. The van der Waals surface area contributed by atoms with Gasteiger partial charge in [-0.2, -0.15) is 0 Å². The van der Waals surface area contributed by atoms with Crippen LogP contribution in [-0.4, -0.2) is 31.4 Å². The van der Waals surface area contributed by atoms with E-state index in [2.05, 4.69) is 12.6 Å². The molecule has 1 aliphatic heterocycles. The molecule has 6 heteroatoms. The summed E-state index contributed by atoms with van der Waals surface area (Å²) in [7, 11) is 0.754. The van der Waals surface area contributed by atoms with Crippen molar-refractivity contribution in [2.24, 2.45) is 0 Å². The highest BCUT2D eigenvalue weighted by atomic mass is 32.1. The van der Waals surface area contributed by atoms with Crippen molar-refractivity contribution in [2.45, 2.75) is 43.8 Å². The smallest absolute Gasteiger partial charge is 0.465 e. The number of thiol groups is 1. The third-order valence-corrected chi connectivity index (χ3v) is 4.23. The molecule has 0 atom stereocenters. The number of rotatable bonds is 2. The van der Waals surface area contributed by atoms with Crippen LogP contribution >= 0.6 is 12.6 Å². The average Bonchev–Trinajstić information content (AvgIpc) is 2.57. The first-order valence-electron chi connectivity index (χ1n) is 6.45. The molecule has 1 fully saturated rings. The lowest BCUT2D eigenvalue weighted by atomic mass is 9.76. The number of hydrogen-bond donors (Lipinski definition) is 1. The van der Waals surface area contributed by atoms with Gasteiger partial charge in [0, 0.05) is 4.90 Å². The monoisotopic (exact) mass is 294 g/mol. The van der Waals surface area contributed by atoms with Gasteiger partial charge in [-0.15, -0.1) is 12.6 Å². The van der Waals surface area contributed by atoms with Gasteiger partial charge in [-0.05, 0) is 45.3 Å². The Morgan fingerprint density at radius 1 is 1.20 bits per heavy atom. The van der Waals surface area contributed by atoms with Gasteiger partial charge < -0.3 is 14.0 Å². The summed E-state index contributed by atoms with van der Waals surface area (Å²) in [5.74, 6) is -0.425. The van der Waals surface area contributed by atoms with E-state index in [1.54, 1.807) is 18.2 Å². The normalized spacial score (nSPS) is 20.0. The maximum atomic E-state index is 11.9. The molecule has 1 heterocycles.